The van der Waals surface area contributed by atoms with E-state index in [4.69, 9.17) is 0 Å². The normalized spacial score (nSPS) is 15.1. The molecule has 5 aromatic carbocycles. The maximum Gasteiger partial charge on any atom is 0.0812 e. The molecule has 0 N–H and O–H groups in total. The van der Waals surface area contributed by atoms with Crippen molar-refractivity contribution in [2.75, 3.05) is 0 Å². The average molecular weight is 741 g/mol. The highest BCUT2D eigenvalue weighted by atomic mass is 32.1. The molecule has 0 saturated carbocycles. The fraction of sp³-hybridized carbons (Fsp3) is 0.127. The maximum absolute atomic E-state index is 4.08. The predicted molar refractivity (Wildman–Crippen MR) is 243 cm³/mol. The zero-order chi connectivity index (χ0) is 38.8. The quantitative estimate of drug-likeness (QED) is 0.0916. The highest BCUT2D eigenvalue weighted by Gasteiger charge is 2.54. The highest BCUT2D eigenvalue weighted by molar-refractivity contribution is 7.13. The van der Waals surface area contributed by atoms with Gasteiger partial charge in [0.05, 0.1) is 5.41 Å². The molecule has 1 aromatic heterocycles. The van der Waals surface area contributed by atoms with Crippen LogP contribution >= 0.6 is 11.3 Å². The lowest BCUT2D eigenvalue weighted by molar-refractivity contribution is 0.794. The molecule has 1 spiro atoms. The third-order valence-electron chi connectivity index (χ3n) is 11.7. The summed E-state index contributed by atoms with van der Waals surface area (Å²) in [6.45, 7) is 17.2. The molecule has 0 radical (unpaired) electrons. The smallest absolute Gasteiger partial charge is 0.0812 e. The van der Waals surface area contributed by atoms with E-state index in [0.29, 0.717) is 0 Å². The summed E-state index contributed by atoms with van der Waals surface area (Å²) in [6.07, 6.45) is 18.1. The number of thiophene rings is 1. The van der Waals surface area contributed by atoms with E-state index in [1.807, 2.05) is 23.5 Å². The van der Waals surface area contributed by atoms with Gasteiger partial charge in [0, 0.05) is 21.2 Å². The van der Waals surface area contributed by atoms with Crippen LogP contribution in [0, 0.1) is 0 Å². The molecule has 1 unspecified atom stereocenters. The van der Waals surface area contributed by atoms with E-state index in [-0.39, 0.29) is 5.92 Å². The summed E-state index contributed by atoms with van der Waals surface area (Å²) in [7, 11) is 0. The van der Waals surface area contributed by atoms with Gasteiger partial charge in [-0.05, 0) is 105 Å². The Morgan fingerprint density at radius 1 is 0.607 bits per heavy atom. The number of hydrogen-bond acceptors (Lipinski definition) is 1. The molecule has 6 aromatic rings. The van der Waals surface area contributed by atoms with E-state index in [1.54, 1.807) is 0 Å². The molecule has 8 rings (SSSR count). The van der Waals surface area contributed by atoms with E-state index >= 15 is 0 Å². The average Bonchev–Trinajstić information content (AvgIpc) is 3.82. The van der Waals surface area contributed by atoms with Crippen molar-refractivity contribution in [1.82, 2.24) is 0 Å². The summed E-state index contributed by atoms with van der Waals surface area (Å²) < 4.78 is 0. The minimum Gasteiger partial charge on any atom is -0.142 e. The highest BCUT2D eigenvalue weighted by Crippen LogP contribution is 2.66. The zero-order valence-corrected chi connectivity index (χ0v) is 33.7. The predicted octanol–water partition coefficient (Wildman–Crippen LogP) is 15.3. The molecule has 0 aliphatic heterocycles. The Hall–Kier alpha value is -6.02. The fourth-order valence-electron chi connectivity index (χ4n) is 9.22. The van der Waals surface area contributed by atoms with Gasteiger partial charge < -0.3 is 0 Å². The van der Waals surface area contributed by atoms with Crippen molar-refractivity contribution in [3.8, 4) is 33.4 Å². The molecule has 0 fully saturated rings. The summed E-state index contributed by atoms with van der Waals surface area (Å²) in [4.78, 5) is 2.83. The van der Waals surface area contributed by atoms with Gasteiger partial charge in [-0.3, -0.25) is 0 Å². The second kappa shape index (κ2) is 15.6. The SMILES string of the molecule is C=C/C=C\C1=C(C)C(C)=C(/C=C\C=C)C12c1cccc(-c3cccc(C(c4ccccc4)c4cccc(-c5ccccc5)c4)c3)c1-c1c2sc(CC)c1/C=C\C. The van der Waals surface area contributed by atoms with Crippen LogP contribution in [-0.4, -0.2) is 0 Å². The standard InChI is InChI=1S/C55H48S/c1-7-11-32-47-37(5)38(6)48(33-12-8-2)55(47)49-34-21-31-45(52(49)53-46(22-9-3)50(10-4)56-54(53)55)42-28-20-30-44(36-42)51(40-25-17-14-18-26-40)43-29-19-27-41(35-43)39-23-15-13-16-24-39/h7-9,11-36,51H,1-2,10H2,3-6H3/b22-9-,32-11-,33-12-. The Labute approximate surface area is 337 Å². The maximum atomic E-state index is 4.08. The van der Waals surface area contributed by atoms with E-state index in [1.165, 1.54) is 93.2 Å². The summed E-state index contributed by atoms with van der Waals surface area (Å²) in [5, 5.41) is 0. The number of hydrogen-bond donors (Lipinski definition) is 0. The number of allylic oxidation sites excluding steroid dienone is 11. The van der Waals surface area contributed by atoms with Crippen molar-refractivity contribution in [2.24, 2.45) is 0 Å². The molecule has 0 amide bonds. The summed E-state index contributed by atoms with van der Waals surface area (Å²) in [5.41, 5.74) is 19.0. The molecular formula is C55H48S. The van der Waals surface area contributed by atoms with Gasteiger partial charge in [0.2, 0.25) is 0 Å². The van der Waals surface area contributed by atoms with Crippen molar-refractivity contribution in [3.05, 3.63) is 243 Å². The van der Waals surface area contributed by atoms with Crippen LogP contribution < -0.4 is 0 Å². The Kier molecular flexibility index (Phi) is 10.3. The summed E-state index contributed by atoms with van der Waals surface area (Å²) >= 11 is 1.99. The third-order valence-corrected chi connectivity index (χ3v) is 13.2. The van der Waals surface area contributed by atoms with Gasteiger partial charge in [-0.2, -0.15) is 0 Å². The fourth-order valence-corrected chi connectivity index (χ4v) is 10.7. The van der Waals surface area contributed by atoms with Crippen LogP contribution in [0.1, 0.15) is 71.2 Å². The van der Waals surface area contributed by atoms with Gasteiger partial charge in [0.1, 0.15) is 0 Å². The largest absolute Gasteiger partial charge is 0.142 e. The van der Waals surface area contributed by atoms with Crippen molar-refractivity contribution in [2.45, 2.75) is 45.4 Å². The van der Waals surface area contributed by atoms with E-state index in [0.717, 1.165) is 6.42 Å². The molecule has 56 heavy (non-hydrogen) atoms. The number of rotatable bonds is 11. The Morgan fingerprint density at radius 3 is 1.77 bits per heavy atom. The van der Waals surface area contributed by atoms with E-state index in [9.17, 15) is 0 Å². The molecule has 2 aliphatic rings. The van der Waals surface area contributed by atoms with Crippen LogP contribution in [0.4, 0.5) is 0 Å². The van der Waals surface area contributed by atoms with Gasteiger partial charge in [-0.1, -0.05) is 196 Å². The van der Waals surface area contributed by atoms with E-state index in [2.05, 4.69) is 205 Å². The lowest BCUT2D eigenvalue weighted by Gasteiger charge is -2.32. The number of aryl methyl sites for hydroxylation is 1. The molecule has 0 saturated heterocycles. The first-order valence-corrected chi connectivity index (χ1v) is 20.5. The summed E-state index contributed by atoms with van der Waals surface area (Å²) in [5.74, 6) is 0.0576. The second-order valence-corrected chi connectivity index (χ2v) is 15.8. The van der Waals surface area contributed by atoms with Crippen molar-refractivity contribution in [1.29, 1.82) is 0 Å². The Morgan fingerprint density at radius 2 is 1.16 bits per heavy atom. The minimum absolute atomic E-state index is 0.0576. The Balaban J connectivity index is 1.39. The van der Waals surface area contributed by atoms with Gasteiger partial charge in [0.15, 0.2) is 0 Å². The molecule has 2 aliphatic carbocycles. The van der Waals surface area contributed by atoms with Crippen LogP contribution in [0.3, 0.4) is 0 Å². The molecule has 0 bridgehead atoms. The third kappa shape index (κ3) is 5.99. The molecule has 1 heterocycles. The van der Waals surface area contributed by atoms with Crippen LogP contribution in [0.15, 0.2) is 205 Å². The van der Waals surface area contributed by atoms with Crippen LogP contribution in [0.2, 0.25) is 0 Å². The van der Waals surface area contributed by atoms with Gasteiger partial charge in [-0.15, -0.1) is 11.3 Å². The molecular weight excluding hydrogens is 693 g/mol. The molecule has 0 nitrogen and oxygen atoms in total. The van der Waals surface area contributed by atoms with Crippen molar-refractivity contribution < 1.29 is 0 Å². The minimum atomic E-state index is -0.454. The molecule has 1 atom stereocenters. The van der Waals surface area contributed by atoms with Gasteiger partial charge in [-0.25, -0.2) is 0 Å². The Bertz CT molecular complexity index is 2570. The van der Waals surface area contributed by atoms with Crippen LogP contribution in [0.25, 0.3) is 39.5 Å². The van der Waals surface area contributed by atoms with Crippen molar-refractivity contribution >= 4 is 17.4 Å². The topological polar surface area (TPSA) is 0 Å². The molecule has 274 valence electrons. The van der Waals surface area contributed by atoms with Gasteiger partial charge in [0.25, 0.3) is 0 Å². The first-order chi connectivity index (χ1) is 27.5. The van der Waals surface area contributed by atoms with E-state index < -0.39 is 5.41 Å². The monoisotopic (exact) mass is 740 g/mol. The van der Waals surface area contributed by atoms with Gasteiger partial charge >= 0.3 is 0 Å². The first-order valence-electron chi connectivity index (χ1n) is 19.7. The lowest BCUT2D eigenvalue weighted by Crippen LogP contribution is -2.26. The van der Waals surface area contributed by atoms with Crippen molar-refractivity contribution in [3.63, 3.8) is 0 Å². The zero-order valence-electron chi connectivity index (χ0n) is 32.9. The summed E-state index contributed by atoms with van der Waals surface area (Å²) in [6, 6.07) is 47.1. The number of benzene rings is 5. The second-order valence-electron chi connectivity index (χ2n) is 14.7. The van der Waals surface area contributed by atoms with Crippen LogP contribution in [-0.2, 0) is 11.8 Å². The first kappa shape index (κ1) is 36.9. The number of fused-ring (bicyclic) bond motifs is 5. The molecule has 1 heteroatoms. The lowest BCUT2D eigenvalue weighted by atomic mass is 9.71. The van der Waals surface area contributed by atoms with Crippen LogP contribution in [0.5, 0.6) is 0 Å².